The molecule has 0 fully saturated rings. The Bertz CT molecular complexity index is 1090. The van der Waals surface area contributed by atoms with Crippen molar-refractivity contribution in [2.24, 2.45) is 0 Å². The summed E-state index contributed by atoms with van der Waals surface area (Å²) in [5, 5.41) is 0. The van der Waals surface area contributed by atoms with E-state index in [9.17, 15) is 4.79 Å². The molecule has 27 heavy (non-hydrogen) atoms. The number of rotatable bonds is 4. The molecule has 2 aromatic carbocycles. The highest BCUT2D eigenvalue weighted by molar-refractivity contribution is 5.96. The largest absolute Gasteiger partial charge is 0.465 e. The molecule has 1 N–H and O–H groups in total. The number of furan rings is 1. The highest BCUT2D eigenvalue weighted by Gasteiger charge is 2.18. The van der Waals surface area contributed by atoms with E-state index in [-0.39, 0.29) is 0 Å². The molecule has 0 aliphatic carbocycles. The summed E-state index contributed by atoms with van der Waals surface area (Å²) in [5.41, 5.74) is 4.03. The van der Waals surface area contributed by atoms with E-state index in [0.29, 0.717) is 28.5 Å². The molecule has 2 heterocycles. The molecular formula is C22H18N2O3. The van der Waals surface area contributed by atoms with Crippen LogP contribution in [-0.2, 0) is 4.74 Å². The lowest BCUT2D eigenvalue weighted by Gasteiger charge is -2.04. The number of nitrogens with one attached hydrogen (secondary N) is 1. The van der Waals surface area contributed by atoms with Gasteiger partial charge in [0.15, 0.2) is 11.6 Å². The number of H-pyrrole nitrogens is 1. The summed E-state index contributed by atoms with van der Waals surface area (Å²) in [6.07, 6.45) is 0. The van der Waals surface area contributed by atoms with Crippen molar-refractivity contribution in [1.82, 2.24) is 9.97 Å². The summed E-state index contributed by atoms with van der Waals surface area (Å²) in [5.74, 6) is 1.44. The van der Waals surface area contributed by atoms with E-state index in [4.69, 9.17) is 14.1 Å². The Kier molecular flexibility index (Phi) is 4.34. The molecule has 5 nitrogen and oxygen atoms in total. The van der Waals surface area contributed by atoms with E-state index in [2.05, 4.69) is 4.98 Å². The molecule has 0 atom stereocenters. The molecule has 0 saturated carbocycles. The second-order valence-corrected chi connectivity index (χ2v) is 6.13. The van der Waals surface area contributed by atoms with Crippen LogP contribution in [0.1, 0.15) is 16.1 Å². The fourth-order valence-electron chi connectivity index (χ4n) is 3.05. The Morgan fingerprint density at radius 2 is 1.67 bits per heavy atom. The molecule has 4 aromatic rings. The minimum atomic E-state index is -0.399. The van der Waals surface area contributed by atoms with Crippen LogP contribution in [-0.4, -0.2) is 23.0 Å². The number of hydrogen-bond acceptors (Lipinski definition) is 4. The Hall–Kier alpha value is -3.60. The zero-order valence-electron chi connectivity index (χ0n) is 15.0. The third kappa shape index (κ3) is 3.15. The third-order valence-electron chi connectivity index (χ3n) is 4.37. The van der Waals surface area contributed by atoms with Gasteiger partial charge in [-0.1, -0.05) is 48.5 Å². The lowest BCUT2D eigenvalue weighted by Crippen LogP contribution is -2.02. The van der Waals surface area contributed by atoms with Crippen LogP contribution in [0.2, 0.25) is 0 Å². The van der Waals surface area contributed by atoms with Crippen molar-refractivity contribution in [3.8, 4) is 34.2 Å². The number of esters is 1. The third-order valence-corrected chi connectivity index (χ3v) is 4.37. The minimum absolute atomic E-state index is 0.399. The number of nitrogens with zero attached hydrogens (tertiary/aromatic N) is 1. The van der Waals surface area contributed by atoms with Crippen molar-refractivity contribution in [2.75, 3.05) is 7.11 Å². The smallest absolute Gasteiger partial charge is 0.338 e. The van der Waals surface area contributed by atoms with Crippen LogP contribution >= 0.6 is 0 Å². The second-order valence-electron chi connectivity index (χ2n) is 6.13. The Balaban J connectivity index is 1.72. The number of carbonyl (C=O) groups excluding carboxylic acids is 1. The first-order valence-electron chi connectivity index (χ1n) is 8.57. The van der Waals surface area contributed by atoms with Gasteiger partial charge in [-0.25, -0.2) is 9.78 Å². The number of carbonyl (C=O) groups is 1. The number of aromatic nitrogens is 2. The van der Waals surface area contributed by atoms with E-state index in [1.807, 2.05) is 61.5 Å². The quantitative estimate of drug-likeness (QED) is 0.515. The van der Waals surface area contributed by atoms with Crippen LogP contribution < -0.4 is 0 Å². The summed E-state index contributed by atoms with van der Waals surface area (Å²) in [6.45, 7) is 1.98. The van der Waals surface area contributed by atoms with Gasteiger partial charge in [-0.3, -0.25) is 0 Å². The van der Waals surface area contributed by atoms with E-state index in [0.717, 1.165) is 17.0 Å². The van der Waals surface area contributed by atoms with E-state index in [1.54, 1.807) is 12.1 Å². The van der Waals surface area contributed by atoms with Gasteiger partial charge in [-0.15, -0.1) is 0 Å². The maximum atomic E-state index is 12.0. The molecule has 134 valence electrons. The number of benzene rings is 2. The summed E-state index contributed by atoms with van der Waals surface area (Å²) in [4.78, 5) is 20.0. The number of aryl methyl sites for hydroxylation is 1. The first-order valence-corrected chi connectivity index (χ1v) is 8.57. The normalized spacial score (nSPS) is 10.7. The van der Waals surface area contributed by atoms with Crippen LogP contribution in [0.5, 0.6) is 0 Å². The minimum Gasteiger partial charge on any atom is -0.465 e. The number of ether oxygens (including phenoxy) is 1. The van der Waals surface area contributed by atoms with Crippen LogP contribution in [0, 0.1) is 6.92 Å². The molecule has 5 heteroatoms. The van der Waals surface area contributed by atoms with Crippen LogP contribution in [0.25, 0.3) is 34.2 Å². The number of aromatic amines is 1. The van der Waals surface area contributed by atoms with Gasteiger partial charge >= 0.3 is 5.97 Å². The van der Waals surface area contributed by atoms with Crippen molar-refractivity contribution >= 4 is 5.97 Å². The molecule has 4 rings (SSSR count). The summed E-state index contributed by atoms with van der Waals surface area (Å²) < 4.78 is 10.9. The van der Waals surface area contributed by atoms with Crippen molar-refractivity contribution in [2.45, 2.75) is 6.92 Å². The average Bonchev–Trinajstić information content (AvgIpc) is 3.35. The lowest BCUT2D eigenvalue weighted by molar-refractivity contribution is 0.0601. The van der Waals surface area contributed by atoms with Crippen LogP contribution in [0.15, 0.2) is 71.1 Å². The Morgan fingerprint density at radius 1 is 0.963 bits per heavy atom. The first-order chi connectivity index (χ1) is 13.2. The summed E-state index contributed by atoms with van der Waals surface area (Å²) in [6, 6.07) is 20.9. The zero-order valence-corrected chi connectivity index (χ0v) is 15.0. The maximum Gasteiger partial charge on any atom is 0.338 e. The molecule has 0 bridgehead atoms. The molecule has 0 aliphatic rings. The topological polar surface area (TPSA) is 68.1 Å². The molecule has 0 unspecified atom stereocenters. The van der Waals surface area contributed by atoms with Crippen LogP contribution in [0.4, 0.5) is 0 Å². The zero-order chi connectivity index (χ0) is 18.8. The molecule has 0 radical (unpaired) electrons. The molecule has 0 saturated heterocycles. The Labute approximate surface area is 156 Å². The number of hydrogen-bond donors (Lipinski definition) is 1. The number of methoxy groups -OCH3 is 1. The number of imidazole rings is 1. The van der Waals surface area contributed by atoms with Crippen molar-refractivity contribution in [1.29, 1.82) is 0 Å². The maximum absolute atomic E-state index is 12.0. The molecule has 0 amide bonds. The predicted octanol–water partition coefficient (Wildman–Crippen LogP) is 5.10. The van der Waals surface area contributed by atoms with Gasteiger partial charge < -0.3 is 14.1 Å². The highest BCUT2D eigenvalue weighted by atomic mass is 16.5. The second kappa shape index (κ2) is 6.96. The van der Waals surface area contributed by atoms with E-state index in [1.165, 1.54) is 7.11 Å². The van der Waals surface area contributed by atoms with Crippen LogP contribution in [0.3, 0.4) is 0 Å². The Morgan fingerprint density at radius 3 is 2.44 bits per heavy atom. The van der Waals surface area contributed by atoms with Crippen molar-refractivity contribution in [3.63, 3.8) is 0 Å². The monoisotopic (exact) mass is 358 g/mol. The van der Waals surface area contributed by atoms with Gasteiger partial charge in [0, 0.05) is 16.8 Å². The first kappa shape index (κ1) is 16.8. The molecule has 2 aromatic heterocycles. The molecular weight excluding hydrogens is 340 g/mol. The van der Waals surface area contributed by atoms with Gasteiger partial charge in [-0.2, -0.15) is 0 Å². The van der Waals surface area contributed by atoms with Gasteiger partial charge in [0.1, 0.15) is 5.76 Å². The van der Waals surface area contributed by atoms with Gasteiger partial charge in [0.05, 0.1) is 18.4 Å². The van der Waals surface area contributed by atoms with Crippen molar-refractivity contribution in [3.05, 3.63) is 78.0 Å². The highest BCUT2D eigenvalue weighted by Crippen LogP contribution is 2.31. The lowest BCUT2D eigenvalue weighted by atomic mass is 10.1. The van der Waals surface area contributed by atoms with Gasteiger partial charge in [0.2, 0.25) is 0 Å². The fourth-order valence-corrected chi connectivity index (χ4v) is 3.05. The van der Waals surface area contributed by atoms with E-state index >= 15 is 0 Å². The van der Waals surface area contributed by atoms with E-state index < -0.39 is 5.97 Å². The standard InChI is InChI=1S/C22H18N2O3/c1-14-20(15-8-4-3-5-9-15)24-21(23-14)19-13-12-18(27-19)16-10-6-7-11-17(16)22(25)26-2/h3-13H,1-2H3,(H,23,24). The van der Waals surface area contributed by atoms with Gasteiger partial charge in [-0.05, 0) is 25.1 Å². The summed E-state index contributed by atoms with van der Waals surface area (Å²) in [7, 11) is 1.36. The molecule has 0 spiro atoms. The van der Waals surface area contributed by atoms with Crippen molar-refractivity contribution < 1.29 is 13.9 Å². The van der Waals surface area contributed by atoms with Gasteiger partial charge in [0.25, 0.3) is 0 Å². The summed E-state index contributed by atoms with van der Waals surface area (Å²) >= 11 is 0. The average molecular weight is 358 g/mol. The fraction of sp³-hybridized carbons (Fsp3) is 0.0909. The SMILES string of the molecule is COC(=O)c1ccccc1-c1ccc(-c2nc(-c3ccccc3)c(C)[nH]2)o1. The molecule has 0 aliphatic heterocycles. The predicted molar refractivity (Wildman–Crippen MR) is 103 cm³/mol.